The molecule has 3 rings (SSSR count). The molecule has 2 fully saturated rings. The normalized spacial score (nSPS) is 22.8. The van der Waals surface area contributed by atoms with E-state index in [2.05, 4.69) is 46.3 Å². The van der Waals surface area contributed by atoms with E-state index in [1.54, 1.807) is 0 Å². The maximum atomic E-state index is 11.8. The van der Waals surface area contributed by atoms with Gasteiger partial charge in [-0.2, -0.15) is 5.26 Å². The van der Waals surface area contributed by atoms with Crippen LogP contribution in [0.1, 0.15) is 57.4 Å². The molecule has 1 saturated carbocycles. The zero-order valence-electron chi connectivity index (χ0n) is 17.9. The zero-order valence-corrected chi connectivity index (χ0v) is 17.9. The third kappa shape index (κ3) is 6.75. The molecule has 1 aromatic carbocycles. The standard InChI is InChI=1S/C24H36N4O/c1-2-20-5-3-6-23(19-20)28-17-15-27(16-18-28)14-12-21-8-10-22(11-9-21)26-24(29)7-4-13-25/h3,5-6,19,21-22H,2,4,7-12,14-18H2,1H3,(H,26,29). The smallest absolute Gasteiger partial charge is 0.221 e. The summed E-state index contributed by atoms with van der Waals surface area (Å²) in [6.45, 7) is 7.96. The molecule has 1 N–H and O–H groups in total. The van der Waals surface area contributed by atoms with E-state index in [0.29, 0.717) is 18.9 Å². The molecule has 0 bridgehead atoms. The van der Waals surface area contributed by atoms with Crippen LogP contribution in [0, 0.1) is 17.2 Å². The van der Waals surface area contributed by atoms with Crippen LogP contribution in [-0.4, -0.2) is 49.6 Å². The van der Waals surface area contributed by atoms with Crippen LogP contribution in [0.4, 0.5) is 5.69 Å². The second-order valence-corrected chi connectivity index (χ2v) is 8.58. The highest BCUT2D eigenvalue weighted by atomic mass is 16.1. The predicted molar refractivity (Wildman–Crippen MR) is 118 cm³/mol. The molecule has 158 valence electrons. The quantitative estimate of drug-likeness (QED) is 0.727. The number of carbonyl (C=O) groups excluding carboxylic acids is 1. The fourth-order valence-electron chi connectivity index (χ4n) is 4.63. The first-order valence-corrected chi connectivity index (χ1v) is 11.4. The maximum absolute atomic E-state index is 11.8. The minimum Gasteiger partial charge on any atom is -0.369 e. The minimum absolute atomic E-state index is 0.0392. The number of nitrogens with zero attached hydrogens (tertiary/aromatic N) is 3. The summed E-state index contributed by atoms with van der Waals surface area (Å²) >= 11 is 0. The Morgan fingerprint density at radius 2 is 1.93 bits per heavy atom. The Morgan fingerprint density at radius 3 is 2.62 bits per heavy atom. The molecule has 1 aliphatic carbocycles. The second kappa shape index (κ2) is 11.2. The topological polar surface area (TPSA) is 59.4 Å². The lowest BCUT2D eigenvalue weighted by Gasteiger charge is -2.37. The summed E-state index contributed by atoms with van der Waals surface area (Å²) in [5.74, 6) is 0.832. The van der Waals surface area contributed by atoms with Gasteiger partial charge in [-0.25, -0.2) is 0 Å². The van der Waals surface area contributed by atoms with E-state index < -0.39 is 0 Å². The molecule has 1 aliphatic heterocycles. The Hall–Kier alpha value is -2.06. The van der Waals surface area contributed by atoms with Crippen LogP contribution in [0.5, 0.6) is 0 Å². The molecular weight excluding hydrogens is 360 g/mol. The number of hydrogen-bond acceptors (Lipinski definition) is 4. The van der Waals surface area contributed by atoms with Crippen LogP contribution < -0.4 is 10.2 Å². The number of rotatable bonds is 8. The number of carbonyl (C=O) groups is 1. The van der Waals surface area contributed by atoms with Crippen LogP contribution in [-0.2, 0) is 11.2 Å². The van der Waals surface area contributed by atoms with Crippen molar-refractivity contribution in [3.05, 3.63) is 29.8 Å². The number of piperazine rings is 1. The summed E-state index contributed by atoms with van der Waals surface area (Å²) in [4.78, 5) is 16.9. The fourth-order valence-corrected chi connectivity index (χ4v) is 4.63. The lowest BCUT2D eigenvalue weighted by molar-refractivity contribution is -0.122. The maximum Gasteiger partial charge on any atom is 0.221 e. The van der Waals surface area contributed by atoms with E-state index in [4.69, 9.17) is 5.26 Å². The summed E-state index contributed by atoms with van der Waals surface area (Å²) in [6, 6.07) is 11.3. The predicted octanol–water partition coefficient (Wildman–Crippen LogP) is 3.74. The SMILES string of the molecule is CCc1cccc(N2CCN(CCC3CCC(NC(=O)CCC#N)CC3)CC2)c1. The fraction of sp³-hybridized carbons (Fsp3) is 0.667. The van der Waals surface area contributed by atoms with E-state index in [1.165, 1.54) is 37.1 Å². The van der Waals surface area contributed by atoms with E-state index in [0.717, 1.165) is 51.4 Å². The molecule has 1 saturated heterocycles. The van der Waals surface area contributed by atoms with Crippen molar-refractivity contribution in [1.29, 1.82) is 5.26 Å². The molecule has 0 atom stereocenters. The first-order valence-electron chi connectivity index (χ1n) is 11.4. The Kier molecular flexibility index (Phi) is 8.37. The molecule has 1 heterocycles. The van der Waals surface area contributed by atoms with E-state index in [9.17, 15) is 4.79 Å². The van der Waals surface area contributed by atoms with Crippen molar-refractivity contribution >= 4 is 11.6 Å². The number of nitrogens with one attached hydrogen (secondary N) is 1. The van der Waals surface area contributed by atoms with Gasteiger partial charge in [0.15, 0.2) is 0 Å². The summed E-state index contributed by atoms with van der Waals surface area (Å²) in [5.41, 5.74) is 2.79. The van der Waals surface area contributed by atoms with Gasteiger partial charge in [-0.3, -0.25) is 9.69 Å². The van der Waals surface area contributed by atoms with E-state index in [-0.39, 0.29) is 5.91 Å². The third-order valence-electron chi connectivity index (χ3n) is 6.59. The van der Waals surface area contributed by atoms with Crippen molar-refractivity contribution in [3.8, 4) is 6.07 Å². The summed E-state index contributed by atoms with van der Waals surface area (Å²) in [7, 11) is 0. The highest BCUT2D eigenvalue weighted by molar-refractivity contribution is 5.76. The van der Waals surface area contributed by atoms with Crippen molar-refractivity contribution < 1.29 is 4.79 Å². The average molecular weight is 397 g/mol. The largest absolute Gasteiger partial charge is 0.369 e. The lowest BCUT2D eigenvalue weighted by Crippen LogP contribution is -2.47. The van der Waals surface area contributed by atoms with Gasteiger partial charge in [-0.05, 0) is 68.7 Å². The van der Waals surface area contributed by atoms with Gasteiger partial charge in [0.2, 0.25) is 5.91 Å². The van der Waals surface area contributed by atoms with Crippen molar-refractivity contribution in [2.75, 3.05) is 37.6 Å². The molecule has 1 amide bonds. The molecule has 0 spiro atoms. The van der Waals surface area contributed by atoms with Crippen LogP contribution in [0.3, 0.4) is 0 Å². The summed E-state index contributed by atoms with van der Waals surface area (Å²) in [6.07, 6.45) is 7.64. The monoisotopic (exact) mass is 396 g/mol. The van der Waals surface area contributed by atoms with Crippen molar-refractivity contribution in [2.45, 2.75) is 64.3 Å². The van der Waals surface area contributed by atoms with Gasteiger partial charge >= 0.3 is 0 Å². The van der Waals surface area contributed by atoms with Gasteiger partial charge in [0, 0.05) is 50.7 Å². The molecular formula is C24H36N4O. The summed E-state index contributed by atoms with van der Waals surface area (Å²) < 4.78 is 0. The number of anilines is 1. The molecule has 1 aromatic rings. The van der Waals surface area contributed by atoms with Gasteiger partial charge in [-0.1, -0.05) is 19.1 Å². The highest BCUT2D eigenvalue weighted by Crippen LogP contribution is 2.27. The summed E-state index contributed by atoms with van der Waals surface area (Å²) in [5, 5.41) is 11.7. The Labute approximate surface area is 176 Å². The van der Waals surface area contributed by atoms with Crippen LogP contribution in [0.25, 0.3) is 0 Å². The van der Waals surface area contributed by atoms with Gasteiger partial charge < -0.3 is 10.2 Å². The number of nitriles is 1. The lowest BCUT2D eigenvalue weighted by atomic mass is 9.84. The van der Waals surface area contributed by atoms with E-state index >= 15 is 0 Å². The van der Waals surface area contributed by atoms with Gasteiger partial charge in [0.25, 0.3) is 0 Å². The molecule has 0 radical (unpaired) electrons. The molecule has 29 heavy (non-hydrogen) atoms. The first kappa shape index (κ1) is 21.6. The average Bonchev–Trinajstić information content (AvgIpc) is 2.77. The van der Waals surface area contributed by atoms with Crippen LogP contribution in [0.15, 0.2) is 24.3 Å². The number of amides is 1. The molecule has 0 aromatic heterocycles. The third-order valence-corrected chi connectivity index (χ3v) is 6.59. The number of aryl methyl sites for hydroxylation is 1. The molecule has 5 nitrogen and oxygen atoms in total. The second-order valence-electron chi connectivity index (χ2n) is 8.58. The molecule has 0 unspecified atom stereocenters. The van der Waals surface area contributed by atoms with E-state index in [1.807, 2.05) is 6.07 Å². The van der Waals surface area contributed by atoms with Crippen LogP contribution >= 0.6 is 0 Å². The van der Waals surface area contributed by atoms with Crippen molar-refractivity contribution in [3.63, 3.8) is 0 Å². The highest BCUT2D eigenvalue weighted by Gasteiger charge is 2.24. The molecule has 5 heteroatoms. The zero-order chi connectivity index (χ0) is 20.5. The molecule has 2 aliphatic rings. The Balaban J connectivity index is 1.32. The first-order chi connectivity index (χ1) is 14.2. The Morgan fingerprint density at radius 1 is 1.17 bits per heavy atom. The minimum atomic E-state index is 0.0392. The van der Waals surface area contributed by atoms with Gasteiger partial charge in [-0.15, -0.1) is 0 Å². The Bertz CT molecular complexity index is 682. The van der Waals surface area contributed by atoms with Crippen molar-refractivity contribution in [2.24, 2.45) is 5.92 Å². The number of hydrogen-bond donors (Lipinski definition) is 1. The van der Waals surface area contributed by atoms with Crippen molar-refractivity contribution in [1.82, 2.24) is 10.2 Å². The van der Waals surface area contributed by atoms with Crippen LogP contribution in [0.2, 0.25) is 0 Å². The number of benzene rings is 1. The van der Waals surface area contributed by atoms with Gasteiger partial charge in [0.05, 0.1) is 6.07 Å². The van der Waals surface area contributed by atoms with Gasteiger partial charge in [0.1, 0.15) is 0 Å².